The quantitative estimate of drug-likeness (QED) is 0.575. The number of benzene rings is 1. The molecule has 74 valence electrons. The zero-order valence-electron chi connectivity index (χ0n) is 9.35. The van der Waals surface area contributed by atoms with Crippen molar-refractivity contribution in [3.63, 3.8) is 0 Å². The van der Waals surface area contributed by atoms with Crippen molar-refractivity contribution in [3.8, 4) is 0 Å². The van der Waals surface area contributed by atoms with Gasteiger partial charge in [-0.05, 0) is 40.5 Å². The summed E-state index contributed by atoms with van der Waals surface area (Å²) < 4.78 is 0. The van der Waals surface area contributed by atoms with Gasteiger partial charge in [0.2, 0.25) is 0 Å². The minimum atomic E-state index is 0.260. The van der Waals surface area contributed by atoms with E-state index >= 15 is 0 Å². The highest BCUT2D eigenvalue weighted by Crippen LogP contribution is 2.37. The molecule has 0 heterocycles. The summed E-state index contributed by atoms with van der Waals surface area (Å²) in [6, 6.07) is 6.63. The van der Waals surface area contributed by atoms with Crippen LogP contribution in [-0.2, 0) is 11.8 Å². The van der Waals surface area contributed by atoms with Crippen molar-refractivity contribution in [2.45, 2.75) is 39.0 Å². The molecule has 0 saturated carbocycles. The molecule has 0 aromatic heterocycles. The van der Waals surface area contributed by atoms with Gasteiger partial charge in [0.25, 0.3) is 0 Å². The molecule has 1 aromatic rings. The maximum absolute atomic E-state index is 4.12. The molecule has 1 aromatic carbocycles. The van der Waals surface area contributed by atoms with Gasteiger partial charge in [0.05, 0.1) is 0 Å². The van der Waals surface area contributed by atoms with Crippen LogP contribution in [0.2, 0.25) is 0 Å². The molecule has 1 aliphatic carbocycles. The van der Waals surface area contributed by atoms with Crippen LogP contribution in [0.5, 0.6) is 0 Å². The summed E-state index contributed by atoms with van der Waals surface area (Å²) in [5, 5.41) is 0. The SMILES string of the molecule is C=C1CCc2c1cccc2C(C)(C)C. The van der Waals surface area contributed by atoms with Crippen molar-refractivity contribution >= 4 is 5.57 Å². The minimum absolute atomic E-state index is 0.260. The first kappa shape index (κ1) is 9.51. The van der Waals surface area contributed by atoms with Gasteiger partial charge < -0.3 is 0 Å². The van der Waals surface area contributed by atoms with Crippen LogP contribution >= 0.6 is 0 Å². The summed E-state index contributed by atoms with van der Waals surface area (Å²) in [5.74, 6) is 0. The number of rotatable bonds is 0. The van der Waals surface area contributed by atoms with Gasteiger partial charge in [-0.25, -0.2) is 0 Å². The van der Waals surface area contributed by atoms with Crippen LogP contribution in [0.3, 0.4) is 0 Å². The van der Waals surface area contributed by atoms with Crippen LogP contribution in [0, 0.1) is 0 Å². The van der Waals surface area contributed by atoms with E-state index in [4.69, 9.17) is 0 Å². The normalized spacial score (nSPS) is 15.8. The Kier molecular flexibility index (Phi) is 2.02. The fraction of sp³-hybridized carbons (Fsp3) is 0.429. The summed E-state index contributed by atoms with van der Waals surface area (Å²) in [6.45, 7) is 11.0. The third kappa shape index (κ3) is 1.39. The van der Waals surface area contributed by atoms with Crippen LogP contribution < -0.4 is 0 Å². The van der Waals surface area contributed by atoms with E-state index < -0.39 is 0 Å². The van der Waals surface area contributed by atoms with Crippen LogP contribution in [0.25, 0.3) is 5.57 Å². The monoisotopic (exact) mass is 186 g/mol. The predicted octanol–water partition coefficient (Wildman–Crippen LogP) is 3.94. The Hall–Kier alpha value is -1.04. The third-order valence-corrected chi connectivity index (χ3v) is 3.04. The number of fused-ring (bicyclic) bond motifs is 1. The van der Waals surface area contributed by atoms with Gasteiger partial charge >= 0.3 is 0 Å². The Labute approximate surface area is 86.7 Å². The lowest BCUT2D eigenvalue weighted by Gasteiger charge is -2.22. The van der Waals surface area contributed by atoms with Crippen LogP contribution in [0.15, 0.2) is 24.8 Å². The van der Waals surface area contributed by atoms with Gasteiger partial charge in [-0.1, -0.05) is 45.5 Å². The largest absolute Gasteiger partial charge is 0.0952 e. The topological polar surface area (TPSA) is 0 Å². The summed E-state index contributed by atoms with van der Waals surface area (Å²) in [7, 11) is 0. The highest BCUT2D eigenvalue weighted by Gasteiger charge is 2.23. The molecule has 0 radical (unpaired) electrons. The predicted molar refractivity (Wildman–Crippen MR) is 62.5 cm³/mol. The molecule has 0 N–H and O–H groups in total. The number of allylic oxidation sites excluding steroid dienone is 1. The molecule has 1 aliphatic rings. The molecule has 0 atom stereocenters. The maximum Gasteiger partial charge on any atom is -0.0129 e. The van der Waals surface area contributed by atoms with Crippen molar-refractivity contribution in [1.82, 2.24) is 0 Å². The fourth-order valence-corrected chi connectivity index (χ4v) is 2.30. The zero-order chi connectivity index (χ0) is 10.3. The molecule has 0 spiro atoms. The second-order valence-corrected chi connectivity index (χ2v) is 5.19. The van der Waals surface area contributed by atoms with Crippen molar-refractivity contribution < 1.29 is 0 Å². The van der Waals surface area contributed by atoms with Gasteiger partial charge in [-0.3, -0.25) is 0 Å². The van der Waals surface area contributed by atoms with Crippen molar-refractivity contribution in [2.75, 3.05) is 0 Å². The Bertz CT molecular complexity index is 378. The average molecular weight is 186 g/mol. The highest BCUT2D eigenvalue weighted by molar-refractivity contribution is 5.72. The Morgan fingerprint density at radius 1 is 1.14 bits per heavy atom. The lowest BCUT2D eigenvalue weighted by atomic mass is 9.82. The number of hydrogen-bond donors (Lipinski definition) is 0. The van der Waals surface area contributed by atoms with E-state index in [0.29, 0.717) is 0 Å². The summed E-state index contributed by atoms with van der Waals surface area (Å²) in [6.07, 6.45) is 2.32. The average Bonchev–Trinajstić information content (AvgIpc) is 2.46. The minimum Gasteiger partial charge on any atom is -0.0952 e. The van der Waals surface area contributed by atoms with Crippen LogP contribution in [0.4, 0.5) is 0 Å². The van der Waals surface area contributed by atoms with Crippen molar-refractivity contribution in [2.24, 2.45) is 0 Å². The first-order valence-electron chi connectivity index (χ1n) is 5.30. The molecule has 0 aliphatic heterocycles. The molecule has 0 heteroatoms. The van der Waals surface area contributed by atoms with Crippen LogP contribution in [-0.4, -0.2) is 0 Å². The molecule has 0 unspecified atom stereocenters. The van der Waals surface area contributed by atoms with E-state index in [1.54, 1.807) is 0 Å². The first-order valence-corrected chi connectivity index (χ1v) is 5.30. The Morgan fingerprint density at radius 2 is 1.86 bits per heavy atom. The zero-order valence-corrected chi connectivity index (χ0v) is 9.35. The molecule has 0 fully saturated rings. The van der Waals surface area contributed by atoms with E-state index in [1.807, 2.05) is 0 Å². The standard InChI is InChI=1S/C14H18/c1-10-8-9-12-11(10)6-5-7-13(12)14(2,3)4/h5-7H,1,8-9H2,2-4H3. The fourth-order valence-electron chi connectivity index (χ4n) is 2.30. The molecule has 14 heavy (non-hydrogen) atoms. The lowest BCUT2D eigenvalue weighted by Crippen LogP contribution is -2.13. The van der Waals surface area contributed by atoms with Crippen LogP contribution in [0.1, 0.15) is 43.9 Å². The van der Waals surface area contributed by atoms with Gasteiger partial charge in [0.1, 0.15) is 0 Å². The van der Waals surface area contributed by atoms with E-state index in [1.165, 1.54) is 28.7 Å². The second kappa shape index (κ2) is 2.98. The molecular formula is C14H18. The van der Waals surface area contributed by atoms with Gasteiger partial charge in [0, 0.05) is 0 Å². The molecule has 2 rings (SSSR count). The molecule has 0 bridgehead atoms. The third-order valence-electron chi connectivity index (χ3n) is 3.04. The number of hydrogen-bond acceptors (Lipinski definition) is 0. The smallest absolute Gasteiger partial charge is 0.0129 e. The van der Waals surface area contributed by atoms with Gasteiger partial charge in [-0.2, -0.15) is 0 Å². The molecular weight excluding hydrogens is 168 g/mol. The van der Waals surface area contributed by atoms with E-state index in [9.17, 15) is 0 Å². The Morgan fingerprint density at radius 3 is 2.50 bits per heavy atom. The molecule has 0 nitrogen and oxygen atoms in total. The summed E-state index contributed by atoms with van der Waals surface area (Å²) in [5.41, 5.74) is 6.00. The molecule has 0 amide bonds. The lowest BCUT2D eigenvalue weighted by molar-refractivity contribution is 0.583. The van der Waals surface area contributed by atoms with Gasteiger partial charge in [0.15, 0.2) is 0 Å². The Balaban J connectivity index is 2.60. The first-order chi connectivity index (χ1) is 6.50. The second-order valence-electron chi connectivity index (χ2n) is 5.19. The van der Waals surface area contributed by atoms with Crippen molar-refractivity contribution in [3.05, 3.63) is 41.5 Å². The molecule has 0 saturated heterocycles. The van der Waals surface area contributed by atoms with E-state index in [0.717, 1.165) is 6.42 Å². The summed E-state index contributed by atoms with van der Waals surface area (Å²) >= 11 is 0. The summed E-state index contributed by atoms with van der Waals surface area (Å²) in [4.78, 5) is 0. The maximum atomic E-state index is 4.12. The van der Waals surface area contributed by atoms with E-state index in [2.05, 4.69) is 45.5 Å². The highest BCUT2D eigenvalue weighted by atomic mass is 14.3. The van der Waals surface area contributed by atoms with Gasteiger partial charge in [-0.15, -0.1) is 0 Å². The van der Waals surface area contributed by atoms with E-state index in [-0.39, 0.29) is 5.41 Å². The van der Waals surface area contributed by atoms with Crippen molar-refractivity contribution in [1.29, 1.82) is 0 Å².